The molecule has 2 aromatic rings. The molecule has 0 aliphatic heterocycles. The van der Waals surface area contributed by atoms with Gasteiger partial charge in [0, 0.05) is 23.4 Å². The van der Waals surface area contributed by atoms with E-state index in [9.17, 15) is 12.8 Å². The second kappa shape index (κ2) is 5.51. The van der Waals surface area contributed by atoms with Gasteiger partial charge in [-0.3, -0.25) is 0 Å². The van der Waals surface area contributed by atoms with E-state index >= 15 is 0 Å². The highest BCUT2D eigenvalue weighted by Crippen LogP contribution is 2.33. The molecule has 21 heavy (non-hydrogen) atoms. The summed E-state index contributed by atoms with van der Waals surface area (Å²) >= 11 is 5.66. The molecular formula is C13H12ClFN2O3S. The maximum Gasteiger partial charge on any atom is 0.238 e. The molecule has 5 nitrogen and oxygen atoms in total. The van der Waals surface area contributed by atoms with Crippen molar-refractivity contribution < 1.29 is 17.5 Å². The van der Waals surface area contributed by atoms with Crippen LogP contribution in [-0.4, -0.2) is 8.42 Å². The van der Waals surface area contributed by atoms with Crippen molar-refractivity contribution in [2.75, 3.05) is 5.73 Å². The molecule has 0 saturated carbocycles. The number of rotatable bonds is 3. The standard InChI is InChI=1S/C13H12ClFN2O3S/c1-7-12(4-8(16)5-13(7)21(17,18)19)20-9-2-3-11(15)10(14)6-9/h2-6H,16H2,1H3,(H2,17,18,19). The van der Waals surface area contributed by atoms with Gasteiger partial charge in [0.1, 0.15) is 17.3 Å². The van der Waals surface area contributed by atoms with Crippen LogP contribution in [0.4, 0.5) is 10.1 Å². The van der Waals surface area contributed by atoms with Gasteiger partial charge < -0.3 is 10.5 Å². The average Bonchev–Trinajstić information content (AvgIpc) is 2.36. The summed E-state index contributed by atoms with van der Waals surface area (Å²) in [5.41, 5.74) is 6.12. The predicted molar refractivity (Wildman–Crippen MR) is 78.4 cm³/mol. The van der Waals surface area contributed by atoms with Gasteiger partial charge in [0.15, 0.2) is 0 Å². The molecule has 0 amide bonds. The first-order valence-electron chi connectivity index (χ1n) is 5.74. The van der Waals surface area contributed by atoms with Gasteiger partial charge in [-0.25, -0.2) is 17.9 Å². The van der Waals surface area contributed by atoms with Crippen LogP contribution in [-0.2, 0) is 10.0 Å². The minimum Gasteiger partial charge on any atom is -0.457 e. The highest BCUT2D eigenvalue weighted by Gasteiger charge is 2.17. The maximum absolute atomic E-state index is 13.1. The molecule has 4 N–H and O–H groups in total. The maximum atomic E-state index is 13.1. The lowest BCUT2D eigenvalue weighted by Gasteiger charge is -2.13. The average molecular weight is 331 g/mol. The minimum atomic E-state index is -3.93. The first-order chi connectivity index (χ1) is 9.68. The van der Waals surface area contributed by atoms with E-state index in [2.05, 4.69) is 0 Å². The van der Waals surface area contributed by atoms with Crippen LogP contribution in [0.2, 0.25) is 5.02 Å². The summed E-state index contributed by atoms with van der Waals surface area (Å²) in [5, 5.41) is 5.01. The lowest BCUT2D eigenvalue weighted by Crippen LogP contribution is -2.14. The molecule has 8 heteroatoms. The number of anilines is 1. The molecule has 0 spiro atoms. The molecule has 0 atom stereocenters. The molecule has 0 saturated heterocycles. The molecule has 2 aromatic carbocycles. The SMILES string of the molecule is Cc1c(Oc2ccc(F)c(Cl)c2)cc(N)cc1S(N)(=O)=O. The van der Waals surface area contributed by atoms with Gasteiger partial charge in [0.25, 0.3) is 0 Å². The van der Waals surface area contributed by atoms with E-state index in [-0.39, 0.29) is 27.1 Å². The number of sulfonamides is 1. The van der Waals surface area contributed by atoms with Crippen molar-refractivity contribution >= 4 is 27.3 Å². The molecule has 0 radical (unpaired) electrons. The number of hydrogen-bond donors (Lipinski definition) is 2. The van der Waals surface area contributed by atoms with E-state index < -0.39 is 15.8 Å². The van der Waals surface area contributed by atoms with Crippen molar-refractivity contribution in [1.82, 2.24) is 0 Å². The summed E-state index contributed by atoms with van der Waals surface area (Å²) in [6.45, 7) is 1.53. The van der Waals surface area contributed by atoms with E-state index in [4.69, 9.17) is 27.2 Å². The molecule has 0 aromatic heterocycles. The number of nitrogen functional groups attached to an aromatic ring is 1. The number of hydrogen-bond acceptors (Lipinski definition) is 4. The Morgan fingerprint density at radius 2 is 1.90 bits per heavy atom. The Labute approximate surface area is 126 Å². The molecule has 0 fully saturated rings. The fourth-order valence-electron chi connectivity index (χ4n) is 1.75. The number of benzene rings is 2. The van der Waals surface area contributed by atoms with Crippen molar-refractivity contribution in [3.63, 3.8) is 0 Å². The van der Waals surface area contributed by atoms with Crippen molar-refractivity contribution in [3.8, 4) is 11.5 Å². The van der Waals surface area contributed by atoms with Crippen LogP contribution in [0.3, 0.4) is 0 Å². The summed E-state index contributed by atoms with van der Waals surface area (Å²) < 4.78 is 41.6. The first kappa shape index (κ1) is 15.6. The Balaban J connectivity index is 2.49. The summed E-state index contributed by atoms with van der Waals surface area (Å²) in [4.78, 5) is -0.134. The summed E-state index contributed by atoms with van der Waals surface area (Å²) in [5.74, 6) is -0.143. The lowest BCUT2D eigenvalue weighted by atomic mass is 10.2. The summed E-state index contributed by atoms with van der Waals surface area (Å²) in [6.07, 6.45) is 0. The smallest absolute Gasteiger partial charge is 0.238 e. The number of primary sulfonamides is 1. The van der Waals surface area contributed by atoms with Crippen LogP contribution in [0.25, 0.3) is 0 Å². The fourth-order valence-corrected chi connectivity index (χ4v) is 2.75. The molecular weight excluding hydrogens is 319 g/mol. The van der Waals surface area contributed by atoms with Gasteiger partial charge in [0.05, 0.1) is 9.92 Å². The van der Waals surface area contributed by atoms with E-state index in [1.807, 2.05) is 0 Å². The van der Waals surface area contributed by atoms with Gasteiger partial charge in [-0.2, -0.15) is 0 Å². The predicted octanol–water partition coefficient (Wildman–Crippen LogP) is 2.81. The third-order valence-corrected chi connectivity index (χ3v) is 4.09. The molecule has 2 rings (SSSR count). The number of ether oxygens (including phenoxy) is 1. The zero-order valence-corrected chi connectivity index (χ0v) is 12.5. The highest BCUT2D eigenvalue weighted by molar-refractivity contribution is 7.89. The topological polar surface area (TPSA) is 95.4 Å². The van der Waals surface area contributed by atoms with Crippen LogP contribution >= 0.6 is 11.6 Å². The highest BCUT2D eigenvalue weighted by atomic mass is 35.5. The summed E-state index contributed by atoms with van der Waals surface area (Å²) in [7, 11) is -3.93. The normalized spacial score (nSPS) is 11.4. The third-order valence-electron chi connectivity index (χ3n) is 2.76. The number of nitrogens with two attached hydrogens (primary N) is 2. The monoisotopic (exact) mass is 330 g/mol. The van der Waals surface area contributed by atoms with E-state index in [1.165, 1.54) is 31.2 Å². The van der Waals surface area contributed by atoms with Crippen LogP contribution in [0.1, 0.15) is 5.56 Å². The Morgan fingerprint density at radius 3 is 2.48 bits per heavy atom. The minimum absolute atomic E-state index is 0.110. The second-order valence-corrected chi connectivity index (χ2v) is 6.30. The van der Waals surface area contributed by atoms with Gasteiger partial charge >= 0.3 is 0 Å². The molecule has 0 unspecified atom stereocenters. The fraction of sp³-hybridized carbons (Fsp3) is 0.0769. The Hall–Kier alpha value is -1.83. The van der Waals surface area contributed by atoms with Gasteiger partial charge in [-0.15, -0.1) is 0 Å². The largest absolute Gasteiger partial charge is 0.457 e. The van der Waals surface area contributed by atoms with Crippen molar-refractivity contribution in [1.29, 1.82) is 0 Å². The van der Waals surface area contributed by atoms with Gasteiger partial charge in [0.2, 0.25) is 10.0 Å². The van der Waals surface area contributed by atoms with Crippen molar-refractivity contribution in [2.24, 2.45) is 5.14 Å². The summed E-state index contributed by atoms with van der Waals surface area (Å²) in [6, 6.07) is 6.47. The van der Waals surface area contributed by atoms with Crippen LogP contribution < -0.4 is 15.6 Å². The van der Waals surface area contributed by atoms with Crippen LogP contribution in [0.15, 0.2) is 35.2 Å². The van der Waals surface area contributed by atoms with E-state index in [1.54, 1.807) is 0 Å². The first-order valence-corrected chi connectivity index (χ1v) is 7.67. The van der Waals surface area contributed by atoms with Gasteiger partial charge in [-0.1, -0.05) is 11.6 Å². The molecule has 0 aliphatic rings. The van der Waals surface area contributed by atoms with Crippen molar-refractivity contribution in [2.45, 2.75) is 11.8 Å². The van der Waals surface area contributed by atoms with Gasteiger partial charge in [-0.05, 0) is 25.1 Å². The molecule has 0 aliphatic carbocycles. The lowest BCUT2D eigenvalue weighted by molar-refractivity contribution is 0.475. The molecule has 112 valence electrons. The molecule has 0 bridgehead atoms. The van der Waals surface area contributed by atoms with E-state index in [0.29, 0.717) is 5.56 Å². The van der Waals surface area contributed by atoms with Crippen molar-refractivity contribution in [3.05, 3.63) is 46.7 Å². The zero-order chi connectivity index (χ0) is 15.8. The van der Waals surface area contributed by atoms with E-state index in [0.717, 1.165) is 6.07 Å². The van der Waals surface area contributed by atoms with Crippen LogP contribution in [0, 0.1) is 12.7 Å². The Morgan fingerprint density at radius 1 is 1.24 bits per heavy atom. The van der Waals surface area contributed by atoms with Crippen LogP contribution in [0.5, 0.6) is 11.5 Å². The molecule has 0 heterocycles. The third kappa shape index (κ3) is 3.44. The zero-order valence-electron chi connectivity index (χ0n) is 10.9. The second-order valence-electron chi connectivity index (χ2n) is 4.37. The number of halogens is 2. The Kier molecular flexibility index (Phi) is 4.08. The quantitative estimate of drug-likeness (QED) is 0.846. The Bertz CT molecular complexity index is 809.